The number of nitrogens with one attached hydrogen (secondary N) is 2. The van der Waals surface area contributed by atoms with Crippen LogP contribution < -0.4 is 15.9 Å². The van der Waals surface area contributed by atoms with Crippen molar-refractivity contribution in [2.45, 2.75) is 0 Å². The molecule has 0 fully saturated rings. The van der Waals surface area contributed by atoms with Crippen molar-refractivity contribution in [1.82, 2.24) is 10.4 Å². The molecule has 0 aromatic heterocycles. The molecule has 3 nitrogen and oxygen atoms in total. The van der Waals surface area contributed by atoms with E-state index in [1.54, 1.807) is 0 Å². The summed E-state index contributed by atoms with van der Waals surface area (Å²) >= 11 is 0. The van der Waals surface area contributed by atoms with Gasteiger partial charge in [0.1, 0.15) is 0 Å². The Morgan fingerprint density at radius 2 is 2.12 bits per heavy atom. The van der Waals surface area contributed by atoms with E-state index >= 15 is 0 Å². The van der Waals surface area contributed by atoms with Gasteiger partial charge in [-0.1, -0.05) is 0 Å². The van der Waals surface area contributed by atoms with Crippen molar-refractivity contribution >= 4 is 8.22 Å². The average molecular weight is 135 g/mol. The maximum atomic E-state index is 5.46. The van der Waals surface area contributed by atoms with Crippen molar-refractivity contribution < 1.29 is 0 Å². The Morgan fingerprint density at radius 1 is 1.50 bits per heavy atom. The zero-order chi connectivity index (χ0) is 6.41. The maximum Gasteiger partial charge on any atom is 0.0277 e. The van der Waals surface area contributed by atoms with Gasteiger partial charge in [0.05, 0.1) is 0 Å². The van der Waals surface area contributed by atoms with E-state index in [9.17, 15) is 0 Å². The summed E-state index contributed by atoms with van der Waals surface area (Å²) < 4.78 is 0. The smallest absolute Gasteiger partial charge is 0.0277 e. The lowest BCUT2D eigenvalue weighted by atomic mass is 10.7. The van der Waals surface area contributed by atoms with Crippen LogP contribution in [0, 0.1) is 0 Å². The third-order valence-corrected chi connectivity index (χ3v) is 1.46. The molecule has 1 unspecified atom stereocenters. The lowest BCUT2D eigenvalue weighted by Gasteiger charge is -2.05. The monoisotopic (exact) mass is 135 g/mol. The zero-order valence-corrected chi connectivity index (χ0v) is 6.33. The second kappa shape index (κ2) is 5.45. The Bertz CT molecular complexity index is 48.5. The van der Waals surface area contributed by atoms with Crippen LogP contribution in [0.25, 0.3) is 0 Å². The van der Waals surface area contributed by atoms with E-state index in [4.69, 9.17) is 5.50 Å². The number of rotatable bonds is 4. The van der Waals surface area contributed by atoms with E-state index in [1.165, 1.54) is 0 Å². The van der Waals surface area contributed by atoms with Crippen LogP contribution in [0.5, 0.6) is 0 Å². The highest BCUT2D eigenvalue weighted by Gasteiger charge is 1.87. The summed E-state index contributed by atoms with van der Waals surface area (Å²) in [6, 6.07) is 0. The minimum absolute atomic E-state index is 0.402. The van der Waals surface area contributed by atoms with Crippen molar-refractivity contribution in [3.05, 3.63) is 0 Å². The summed E-state index contributed by atoms with van der Waals surface area (Å²) in [5.74, 6) is 0. The van der Waals surface area contributed by atoms with E-state index in [-0.39, 0.29) is 0 Å². The molecule has 0 aliphatic carbocycles. The molecule has 0 radical (unpaired) electrons. The van der Waals surface area contributed by atoms with E-state index in [2.05, 4.69) is 10.4 Å². The average Bonchev–Trinajstić information content (AvgIpc) is 1.66. The predicted octanol–water partition coefficient (Wildman–Crippen LogP) is -0.304. The van der Waals surface area contributed by atoms with E-state index in [0.717, 1.165) is 13.1 Å². The van der Waals surface area contributed by atoms with Gasteiger partial charge in [0.15, 0.2) is 0 Å². The summed E-state index contributed by atoms with van der Waals surface area (Å²) in [4.78, 5) is 0. The molecule has 0 rings (SSSR count). The van der Waals surface area contributed by atoms with Crippen molar-refractivity contribution in [3.63, 3.8) is 0 Å². The van der Waals surface area contributed by atoms with Crippen LogP contribution in [0.1, 0.15) is 0 Å². The van der Waals surface area contributed by atoms with Crippen LogP contribution in [0.15, 0.2) is 0 Å². The minimum Gasteiger partial charge on any atom is -0.318 e. The van der Waals surface area contributed by atoms with E-state index in [1.807, 2.05) is 13.7 Å². The molecule has 0 saturated heterocycles. The molecule has 0 aromatic carbocycles. The predicted molar refractivity (Wildman–Crippen MR) is 39.0 cm³/mol. The first-order valence-corrected chi connectivity index (χ1v) is 4.49. The number of hydrogen-bond acceptors (Lipinski definition) is 3. The van der Waals surface area contributed by atoms with Gasteiger partial charge in [0, 0.05) is 21.3 Å². The number of likely N-dealkylation sites (N-methyl/N-ethyl adjacent to an activating group) is 1. The third-order valence-electron chi connectivity index (χ3n) is 0.736. The van der Waals surface area contributed by atoms with Crippen LogP contribution in [-0.4, -0.2) is 26.8 Å². The molecule has 0 heterocycles. The zero-order valence-electron chi connectivity index (χ0n) is 5.44. The Balaban J connectivity index is 2.72. The van der Waals surface area contributed by atoms with Crippen molar-refractivity contribution in [2.24, 2.45) is 5.50 Å². The van der Waals surface area contributed by atoms with Gasteiger partial charge in [-0.25, -0.2) is 0 Å². The van der Waals surface area contributed by atoms with Gasteiger partial charge in [-0.3, -0.25) is 10.6 Å². The summed E-state index contributed by atoms with van der Waals surface area (Å²) in [6.07, 6.45) is 0. The summed E-state index contributed by atoms with van der Waals surface area (Å²) in [5.41, 5.74) is 5.46. The normalized spacial score (nSPS) is 13.9. The van der Waals surface area contributed by atoms with Gasteiger partial charge in [-0.15, -0.1) is 0 Å². The van der Waals surface area contributed by atoms with Crippen LogP contribution >= 0.6 is 8.22 Å². The molecular formula is C4H14N3P. The molecule has 0 amide bonds. The minimum atomic E-state index is -0.402. The first kappa shape index (κ1) is 8.31. The topological polar surface area (TPSA) is 50.1 Å². The molecule has 8 heavy (non-hydrogen) atoms. The van der Waals surface area contributed by atoms with Crippen molar-refractivity contribution in [3.8, 4) is 0 Å². The molecule has 0 spiro atoms. The molecule has 0 aromatic rings. The molecular weight excluding hydrogens is 121 g/mol. The molecule has 4 heteroatoms. The molecule has 1 atom stereocenters. The van der Waals surface area contributed by atoms with Gasteiger partial charge in [-0.2, -0.15) is 0 Å². The van der Waals surface area contributed by atoms with E-state index < -0.39 is 8.22 Å². The Hall–Kier alpha value is 0.310. The first-order chi connectivity index (χ1) is 3.77. The highest BCUT2D eigenvalue weighted by atomic mass is 31.1. The summed E-state index contributed by atoms with van der Waals surface area (Å²) in [5, 5.41) is 6.14. The van der Waals surface area contributed by atoms with Gasteiger partial charge in [0.2, 0.25) is 0 Å². The van der Waals surface area contributed by atoms with Gasteiger partial charge in [0.25, 0.3) is 0 Å². The Kier molecular flexibility index (Phi) is 5.66. The summed E-state index contributed by atoms with van der Waals surface area (Å²) in [7, 11) is 1.52. The molecule has 0 aliphatic heterocycles. The van der Waals surface area contributed by atoms with E-state index in [0.29, 0.717) is 0 Å². The largest absolute Gasteiger partial charge is 0.318 e. The van der Waals surface area contributed by atoms with Crippen LogP contribution in [-0.2, 0) is 0 Å². The second-order valence-electron chi connectivity index (χ2n) is 1.62. The Morgan fingerprint density at radius 3 is 2.50 bits per heavy atom. The molecule has 0 saturated carbocycles. The SMILES string of the molecule is CNCCNP(C)N. The van der Waals surface area contributed by atoms with Gasteiger partial charge < -0.3 is 5.32 Å². The molecule has 50 valence electrons. The fourth-order valence-corrected chi connectivity index (χ4v) is 0.822. The number of hydrogen-bond donors (Lipinski definition) is 3. The lowest BCUT2D eigenvalue weighted by molar-refractivity contribution is 0.771. The highest BCUT2D eigenvalue weighted by molar-refractivity contribution is 7.52. The van der Waals surface area contributed by atoms with Crippen LogP contribution in [0.3, 0.4) is 0 Å². The van der Waals surface area contributed by atoms with Crippen LogP contribution in [0.2, 0.25) is 0 Å². The van der Waals surface area contributed by atoms with Crippen molar-refractivity contribution in [1.29, 1.82) is 0 Å². The molecule has 0 bridgehead atoms. The van der Waals surface area contributed by atoms with Crippen LogP contribution in [0.4, 0.5) is 0 Å². The Labute approximate surface area is 51.9 Å². The quantitative estimate of drug-likeness (QED) is 0.366. The van der Waals surface area contributed by atoms with Gasteiger partial charge >= 0.3 is 0 Å². The second-order valence-corrected chi connectivity index (χ2v) is 3.16. The lowest BCUT2D eigenvalue weighted by Crippen LogP contribution is -2.22. The first-order valence-electron chi connectivity index (χ1n) is 2.64. The molecule has 0 aliphatic rings. The standard InChI is InChI=1S/C4H14N3P/c1-6-3-4-7-8(2)5/h6-7H,3-5H2,1-2H3. The molecule has 4 N–H and O–H groups in total. The van der Waals surface area contributed by atoms with Crippen molar-refractivity contribution in [2.75, 3.05) is 26.8 Å². The van der Waals surface area contributed by atoms with Gasteiger partial charge in [-0.05, 0) is 13.7 Å². The fraction of sp³-hybridized carbons (Fsp3) is 1.00. The third kappa shape index (κ3) is 6.31. The maximum absolute atomic E-state index is 5.46. The fourth-order valence-electron chi connectivity index (χ4n) is 0.357. The highest BCUT2D eigenvalue weighted by Crippen LogP contribution is 2.08. The number of nitrogens with two attached hydrogens (primary N) is 1. The summed E-state index contributed by atoms with van der Waals surface area (Å²) in [6.45, 7) is 3.95.